The van der Waals surface area contributed by atoms with Gasteiger partial charge in [-0.15, -0.1) is 0 Å². The Morgan fingerprint density at radius 2 is 1.75 bits per heavy atom. The molecule has 2 N–H and O–H groups in total. The van der Waals surface area contributed by atoms with Crippen LogP contribution in [0.5, 0.6) is 0 Å². The highest BCUT2D eigenvalue weighted by molar-refractivity contribution is 7.77. The SMILES string of the molecule is CN1C(=O)CC[C@@]2(C)C1CC[C@@H]1[C@H]2CC[C@]2(C)C(C(NS(=O)O)c3ccccc3)CC[C@@H]12. The van der Waals surface area contributed by atoms with Crippen molar-refractivity contribution in [3.8, 4) is 0 Å². The summed E-state index contributed by atoms with van der Waals surface area (Å²) in [6, 6.07) is 10.5. The van der Waals surface area contributed by atoms with Crippen LogP contribution < -0.4 is 4.72 Å². The summed E-state index contributed by atoms with van der Waals surface area (Å²) in [6.07, 6.45) is 8.77. The lowest BCUT2D eigenvalue weighted by atomic mass is 9.46. The van der Waals surface area contributed by atoms with Gasteiger partial charge in [-0.05, 0) is 85.0 Å². The standard InChI is InChI=1S/C26H38N2O3S/c1-25-15-13-20-18(9-12-22-26(20,2)16-14-23(29)28(22)3)19(25)10-11-21(25)24(27-32(30)31)17-7-5-4-6-8-17/h4-8,18-22,24,27H,9-16H2,1-3H3,(H,30,31)/t18-,19-,20+,21?,22?,24?,25-,26+/m0/s1. The molecular weight excluding hydrogens is 420 g/mol. The van der Waals surface area contributed by atoms with Gasteiger partial charge in [-0.25, -0.2) is 8.93 Å². The van der Waals surface area contributed by atoms with E-state index in [-0.39, 0.29) is 16.9 Å². The molecule has 0 bridgehead atoms. The van der Waals surface area contributed by atoms with Crippen molar-refractivity contribution in [1.29, 1.82) is 0 Å². The van der Waals surface area contributed by atoms with Gasteiger partial charge in [0.25, 0.3) is 0 Å². The third-order valence-electron chi connectivity index (χ3n) is 10.4. The van der Waals surface area contributed by atoms with Gasteiger partial charge in [0.2, 0.25) is 17.2 Å². The number of likely N-dealkylation sites (tertiary alicyclic amines) is 1. The molecule has 1 aromatic rings. The molecule has 4 fully saturated rings. The zero-order valence-corrected chi connectivity index (χ0v) is 20.4. The van der Waals surface area contributed by atoms with Crippen molar-refractivity contribution in [1.82, 2.24) is 9.62 Å². The smallest absolute Gasteiger partial charge is 0.232 e. The third kappa shape index (κ3) is 3.40. The van der Waals surface area contributed by atoms with Crippen molar-refractivity contribution >= 4 is 17.2 Å². The Bertz CT molecular complexity index is 894. The second-order valence-corrected chi connectivity index (χ2v) is 12.2. The minimum atomic E-state index is -2.04. The second kappa shape index (κ2) is 8.21. The molecule has 1 heterocycles. The molecule has 9 atom stereocenters. The minimum absolute atomic E-state index is 0.0982. The summed E-state index contributed by atoms with van der Waals surface area (Å²) < 4.78 is 24.6. The van der Waals surface area contributed by atoms with Gasteiger partial charge in [-0.1, -0.05) is 44.2 Å². The van der Waals surface area contributed by atoms with E-state index in [9.17, 15) is 13.6 Å². The zero-order valence-electron chi connectivity index (χ0n) is 19.6. The van der Waals surface area contributed by atoms with Gasteiger partial charge in [-0.3, -0.25) is 9.35 Å². The van der Waals surface area contributed by atoms with E-state index in [2.05, 4.69) is 35.6 Å². The molecule has 1 amide bonds. The lowest BCUT2D eigenvalue weighted by Gasteiger charge is -2.62. The quantitative estimate of drug-likeness (QED) is 0.628. The molecule has 3 saturated carbocycles. The van der Waals surface area contributed by atoms with Gasteiger partial charge in [0.05, 0.1) is 0 Å². The van der Waals surface area contributed by atoms with Crippen LogP contribution in [0, 0.1) is 34.5 Å². The van der Waals surface area contributed by atoms with Crippen molar-refractivity contribution in [2.75, 3.05) is 7.05 Å². The minimum Gasteiger partial charge on any atom is -0.342 e. The summed E-state index contributed by atoms with van der Waals surface area (Å²) in [7, 11) is 2.02. The van der Waals surface area contributed by atoms with Crippen molar-refractivity contribution in [3.05, 3.63) is 35.9 Å². The van der Waals surface area contributed by atoms with Crippen LogP contribution in [0.2, 0.25) is 0 Å². The molecule has 0 radical (unpaired) electrons. The predicted molar refractivity (Wildman–Crippen MR) is 127 cm³/mol. The summed E-state index contributed by atoms with van der Waals surface area (Å²) in [5, 5.41) is 0. The number of rotatable bonds is 4. The molecule has 3 aliphatic carbocycles. The number of carbonyl (C=O) groups excluding carboxylic acids is 1. The fourth-order valence-corrected chi connectivity index (χ4v) is 9.41. The molecule has 1 aliphatic heterocycles. The monoisotopic (exact) mass is 458 g/mol. The van der Waals surface area contributed by atoms with Gasteiger partial charge >= 0.3 is 0 Å². The number of hydrogen-bond acceptors (Lipinski definition) is 2. The third-order valence-corrected chi connectivity index (χ3v) is 10.9. The van der Waals surface area contributed by atoms with E-state index < -0.39 is 11.3 Å². The normalized spacial score (nSPS) is 43.2. The maximum atomic E-state index is 12.4. The first-order valence-electron chi connectivity index (χ1n) is 12.4. The van der Waals surface area contributed by atoms with Crippen molar-refractivity contribution in [2.24, 2.45) is 34.5 Å². The summed E-state index contributed by atoms with van der Waals surface area (Å²) >= 11 is -2.04. The van der Waals surface area contributed by atoms with Gasteiger partial charge < -0.3 is 4.90 Å². The van der Waals surface area contributed by atoms with Gasteiger partial charge in [0, 0.05) is 25.6 Å². The molecule has 1 saturated heterocycles. The van der Waals surface area contributed by atoms with Gasteiger partial charge in [-0.2, -0.15) is 0 Å². The number of nitrogens with one attached hydrogen (secondary N) is 1. The molecule has 0 aromatic heterocycles. The van der Waals surface area contributed by atoms with Crippen LogP contribution in [-0.4, -0.2) is 32.7 Å². The largest absolute Gasteiger partial charge is 0.342 e. The average molecular weight is 459 g/mol. The van der Waals surface area contributed by atoms with Crippen LogP contribution in [-0.2, 0) is 16.1 Å². The first-order valence-corrected chi connectivity index (χ1v) is 13.5. The van der Waals surface area contributed by atoms with E-state index in [0.717, 1.165) is 24.8 Å². The first-order chi connectivity index (χ1) is 15.3. The fraction of sp³-hybridized carbons (Fsp3) is 0.731. The molecule has 0 spiro atoms. The molecule has 32 heavy (non-hydrogen) atoms. The topological polar surface area (TPSA) is 69.6 Å². The summed E-state index contributed by atoms with van der Waals surface area (Å²) in [5.41, 5.74) is 1.52. The van der Waals surface area contributed by atoms with Crippen molar-refractivity contribution in [3.63, 3.8) is 0 Å². The lowest BCUT2D eigenvalue weighted by Crippen LogP contribution is -2.61. The predicted octanol–water partition coefficient (Wildman–Crippen LogP) is 4.93. The Balaban J connectivity index is 1.44. The number of nitrogens with zero attached hydrogens (tertiary/aromatic N) is 1. The van der Waals surface area contributed by atoms with Gasteiger partial charge in [0.1, 0.15) is 0 Å². The second-order valence-electron chi connectivity index (χ2n) is 11.5. The van der Waals surface area contributed by atoms with Crippen molar-refractivity contribution in [2.45, 2.75) is 77.3 Å². The summed E-state index contributed by atoms with van der Waals surface area (Å²) in [4.78, 5) is 14.5. The fourth-order valence-electron chi connectivity index (χ4n) is 8.89. The summed E-state index contributed by atoms with van der Waals surface area (Å²) in [6.45, 7) is 4.93. The van der Waals surface area contributed by atoms with Crippen LogP contribution in [0.25, 0.3) is 0 Å². The molecule has 5 nitrogen and oxygen atoms in total. The Kier molecular flexibility index (Phi) is 5.78. The van der Waals surface area contributed by atoms with Crippen LogP contribution in [0.3, 0.4) is 0 Å². The molecule has 4 aliphatic rings. The summed E-state index contributed by atoms with van der Waals surface area (Å²) in [5.74, 6) is 2.72. The molecule has 6 heteroatoms. The van der Waals surface area contributed by atoms with Crippen LogP contribution in [0.1, 0.15) is 76.8 Å². The maximum Gasteiger partial charge on any atom is 0.232 e. The van der Waals surface area contributed by atoms with Crippen LogP contribution >= 0.6 is 0 Å². The maximum absolute atomic E-state index is 12.4. The van der Waals surface area contributed by atoms with E-state index >= 15 is 0 Å². The molecular formula is C26H38N2O3S. The number of benzene rings is 1. The highest BCUT2D eigenvalue weighted by atomic mass is 32.2. The Labute approximate surface area is 195 Å². The molecule has 1 aromatic carbocycles. The van der Waals surface area contributed by atoms with Crippen molar-refractivity contribution < 1.29 is 13.6 Å². The molecule has 5 rings (SSSR count). The van der Waals surface area contributed by atoms with Crippen LogP contribution in [0.15, 0.2) is 30.3 Å². The molecule has 176 valence electrons. The lowest BCUT2D eigenvalue weighted by molar-refractivity contribution is -0.158. The number of hydrogen-bond donors (Lipinski definition) is 2. The van der Waals surface area contributed by atoms with E-state index in [0.29, 0.717) is 42.0 Å². The Morgan fingerprint density at radius 1 is 1.03 bits per heavy atom. The van der Waals surface area contributed by atoms with E-state index in [1.807, 2.05) is 25.2 Å². The molecule has 4 unspecified atom stereocenters. The number of piperidine rings is 1. The number of fused-ring (bicyclic) bond motifs is 5. The number of amides is 1. The van der Waals surface area contributed by atoms with Gasteiger partial charge in [0.15, 0.2) is 0 Å². The Hall–Kier alpha value is -1.24. The highest BCUT2D eigenvalue weighted by Crippen LogP contribution is 2.67. The van der Waals surface area contributed by atoms with E-state index in [1.165, 1.54) is 25.7 Å². The van der Waals surface area contributed by atoms with Crippen LogP contribution in [0.4, 0.5) is 0 Å². The average Bonchev–Trinajstić information content (AvgIpc) is 3.12. The van der Waals surface area contributed by atoms with E-state index in [1.54, 1.807) is 0 Å². The highest BCUT2D eigenvalue weighted by Gasteiger charge is 2.62. The Morgan fingerprint density at radius 3 is 2.47 bits per heavy atom. The van der Waals surface area contributed by atoms with E-state index in [4.69, 9.17) is 0 Å². The number of carbonyl (C=O) groups is 1. The zero-order chi connectivity index (χ0) is 22.7. The first kappa shape index (κ1) is 22.5.